The minimum absolute atomic E-state index is 0.0637. The molecule has 2 N–H and O–H groups in total. The Morgan fingerprint density at radius 3 is 2.48 bits per heavy atom. The van der Waals surface area contributed by atoms with Gasteiger partial charge in [0, 0.05) is 24.8 Å². The minimum atomic E-state index is -0.776. The zero-order valence-electron chi connectivity index (χ0n) is 14.2. The molecule has 0 fully saturated rings. The van der Waals surface area contributed by atoms with Crippen molar-refractivity contribution in [3.8, 4) is 0 Å². The van der Waals surface area contributed by atoms with Gasteiger partial charge in [0.1, 0.15) is 0 Å². The van der Waals surface area contributed by atoms with Gasteiger partial charge in [-0.15, -0.1) is 0 Å². The molecule has 0 amide bonds. The van der Waals surface area contributed by atoms with Crippen LogP contribution in [0.4, 0.5) is 13.2 Å². The minimum Gasteiger partial charge on any atom is -0.370 e. The second kappa shape index (κ2) is 8.96. The number of nitrogens with zero attached hydrogens (tertiary/aromatic N) is 1. The number of fused-ring (bicyclic) bond motifs is 1. The van der Waals surface area contributed by atoms with E-state index in [9.17, 15) is 13.2 Å². The summed E-state index contributed by atoms with van der Waals surface area (Å²) >= 11 is 0. The molecule has 2 rings (SSSR count). The SMILES string of the molecule is C=C1C(N)CC(CC)c2c(ccc(F)c2F)CN1CCC.CF. The first-order chi connectivity index (χ1) is 11.0. The first-order valence-electron chi connectivity index (χ1n) is 8.03. The van der Waals surface area contributed by atoms with Crippen LogP contribution in [0.3, 0.4) is 0 Å². The lowest BCUT2D eigenvalue weighted by Crippen LogP contribution is -2.38. The highest BCUT2D eigenvalue weighted by Gasteiger charge is 2.28. The third-order valence-corrected chi connectivity index (χ3v) is 4.35. The average Bonchev–Trinajstić information content (AvgIpc) is 2.56. The topological polar surface area (TPSA) is 29.3 Å². The van der Waals surface area contributed by atoms with Gasteiger partial charge in [-0.3, -0.25) is 4.39 Å². The fraction of sp³-hybridized carbons (Fsp3) is 0.556. The van der Waals surface area contributed by atoms with Crippen LogP contribution < -0.4 is 5.73 Å². The average molecular weight is 328 g/mol. The molecule has 0 saturated carbocycles. The number of hydrogen-bond donors (Lipinski definition) is 1. The highest BCUT2D eigenvalue weighted by Crippen LogP contribution is 2.35. The lowest BCUT2D eigenvalue weighted by molar-refractivity contribution is 0.293. The summed E-state index contributed by atoms with van der Waals surface area (Å²) in [4.78, 5) is 2.09. The number of rotatable bonds is 3. The fourth-order valence-corrected chi connectivity index (χ4v) is 3.15. The van der Waals surface area contributed by atoms with Crippen LogP contribution in [0.2, 0.25) is 0 Å². The summed E-state index contributed by atoms with van der Waals surface area (Å²) in [6.07, 6.45) is 2.30. The van der Waals surface area contributed by atoms with Crippen molar-refractivity contribution in [2.45, 2.75) is 51.6 Å². The zero-order valence-corrected chi connectivity index (χ0v) is 14.2. The summed E-state index contributed by atoms with van der Waals surface area (Å²) in [5.41, 5.74) is 8.47. The molecule has 23 heavy (non-hydrogen) atoms. The highest BCUT2D eigenvalue weighted by molar-refractivity contribution is 5.35. The van der Waals surface area contributed by atoms with E-state index in [2.05, 4.69) is 18.4 Å². The van der Waals surface area contributed by atoms with Gasteiger partial charge in [0.2, 0.25) is 0 Å². The summed E-state index contributed by atoms with van der Waals surface area (Å²) in [6, 6.07) is 2.70. The zero-order chi connectivity index (χ0) is 17.6. The van der Waals surface area contributed by atoms with Gasteiger partial charge >= 0.3 is 0 Å². The standard InChI is InChI=1S/C17H24F2N2.CH3F/c1-4-8-21-10-13-6-7-14(18)17(19)16(13)12(5-2)9-15(20)11(21)3;1-2/h6-7,12,15H,3-5,8-10,20H2,1-2H3;1H3. The number of hydrogen-bond acceptors (Lipinski definition) is 2. The van der Waals surface area contributed by atoms with E-state index in [1.54, 1.807) is 6.07 Å². The summed E-state index contributed by atoms with van der Waals surface area (Å²) in [6.45, 7) is 9.55. The molecule has 0 aromatic heterocycles. The molecule has 1 aromatic rings. The smallest absolute Gasteiger partial charge is 0.162 e. The Balaban J connectivity index is 0.00000127. The van der Waals surface area contributed by atoms with Gasteiger partial charge in [-0.1, -0.05) is 26.5 Å². The lowest BCUT2D eigenvalue weighted by Gasteiger charge is -2.36. The van der Waals surface area contributed by atoms with E-state index in [0.29, 0.717) is 25.7 Å². The van der Waals surface area contributed by atoms with Crippen LogP contribution in [-0.4, -0.2) is 24.7 Å². The summed E-state index contributed by atoms with van der Waals surface area (Å²) in [5, 5.41) is 0. The van der Waals surface area contributed by atoms with E-state index < -0.39 is 11.6 Å². The van der Waals surface area contributed by atoms with Crippen molar-refractivity contribution in [2.75, 3.05) is 13.7 Å². The molecule has 2 nitrogen and oxygen atoms in total. The largest absolute Gasteiger partial charge is 0.370 e. The van der Waals surface area contributed by atoms with Crippen LogP contribution in [0, 0.1) is 11.6 Å². The van der Waals surface area contributed by atoms with Gasteiger partial charge in [0.05, 0.1) is 7.18 Å². The normalized spacial score (nSPS) is 21.0. The summed E-state index contributed by atoms with van der Waals surface area (Å²) in [7, 11) is 0.500. The van der Waals surface area contributed by atoms with Crippen LogP contribution >= 0.6 is 0 Å². The Hall–Kier alpha value is -1.49. The second-order valence-electron chi connectivity index (χ2n) is 5.79. The van der Waals surface area contributed by atoms with Gasteiger partial charge in [0.15, 0.2) is 11.6 Å². The Bertz CT molecular complexity index is 531. The van der Waals surface area contributed by atoms with Gasteiger partial charge in [0.25, 0.3) is 0 Å². The molecule has 0 bridgehead atoms. The first-order valence-corrected chi connectivity index (χ1v) is 8.03. The maximum Gasteiger partial charge on any atom is 0.162 e. The van der Waals surface area contributed by atoms with Crippen LogP contribution in [-0.2, 0) is 6.54 Å². The van der Waals surface area contributed by atoms with Gasteiger partial charge in [-0.25, -0.2) is 8.78 Å². The molecule has 2 atom stereocenters. The van der Waals surface area contributed by atoms with Crippen LogP contribution in [0.15, 0.2) is 24.4 Å². The van der Waals surface area contributed by atoms with Gasteiger partial charge in [-0.2, -0.15) is 0 Å². The molecule has 130 valence electrons. The van der Waals surface area contributed by atoms with Crippen LogP contribution in [0.25, 0.3) is 0 Å². The van der Waals surface area contributed by atoms with Crippen molar-refractivity contribution < 1.29 is 13.2 Å². The van der Waals surface area contributed by atoms with E-state index >= 15 is 0 Å². The summed E-state index contributed by atoms with van der Waals surface area (Å²) < 4.78 is 37.4. The van der Waals surface area contributed by atoms with Crippen LogP contribution in [0.1, 0.15) is 50.2 Å². The fourth-order valence-electron chi connectivity index (χ4n) is 3.15. The molecule has 1 aliphatic rings. The molecule has 0 saturated heterocycles. The maximum atomic E-state index is 14.3. The van der Waals surface area contributed by atoms with E-state index in [1.165, 1.54) is 6.07 Å². The molecule has 2 unspecified atom stereocenters. The molecule has 5 heteroatoms. The molecular formula is C18H27F3N2. The first kappa shape index (κ1) is 19.6. The third-order valence-electron chi connectivity index (χ3n) is 4.35. The van der Waals surface area contributed by atoms with Crippen molar-refractivity contribution in [1.82, 2.24) is 4.90 Å². The second-order valence-corrected chi connectivity index (χ2v) is 5.79. The van der Waals surface area contributed by atoms with Crippen LogP contribution in [0.5, 0.6) is 0 Å². The Kier molecular flexibility index (Phi) is 7.62. The molecule has 1 aliphatic heterocycles. The van der Waals surface area contributed by atoms with Crippen molar-refractivity contribution in [1.29, 1.82) is 0 Å². The number of nitrogens with two attached hydrogens (primary N) is 1. The molecule has 1 heterocycles. The Morgan fingerprint density at radius 2 is 1.91 bits per heavy atom. The number of halogens is 3. The van der Waals surface area contributed by atoms with Crippen molar-refractivity contribution in [3.05, 3.63) is 47.2 Å². The molecule has 0 radical (unpaired) electrons. The monoisotopic (exact) mass is 328 g/mol. The Morgan fingerprint density at radius 1 is 1.26 bits per heavy atom. The van der Waals surface area contributed by atoms with Crippen molar-refractivity contribution in [3.63, 3.8) is 0 Å². The predicted molar refractivity (Wildman–Crippen MR) is 88.9 cm³/mol. The molecule has 0 aliphatic carbocycles. The quantitative estimate of drug-likeness (QED) is 0.885. The highest BCUT2D eigenvalue weighted by atomic mass is 19.2. The van der Waals surface area contributed by atoms with Crippen molar-refractivity contribution in [2.24, 2.45) is 5.73 Å². The molecule has 1 aromatic carbocycles. The van der Waals surface area contributed by atoms with Gasteiger partial charge in [-0.05, 0) is 42.4 Å². The number of alkyl halides is 1. The number of benzene rings is 1. The molecular weight excluding hydrogens is 301 g/mol. The van der Waals surface area contributed by atoms with Crippen molar-refractivity contribution >= 4 is 0 Å². The van der Waals surface area contributed by atoms with E-state index in [0.717, 1.165) is 30.6 Å². The summed E-state index contributed by atoms with van der Waals surface area (Å²) in [5.74, 6) is -1.55. The lowest BCUT2D eigenvalue weighted by atomic mass is 9.84. The molecule has 0 spiro atoms. The van der Waals surface area contributed by atoms with E-state index in [1.807, 2.05) is 6.92 Å². The van der Waals surface area contributed by atoms with E-state index in [4.69, 9.17) is 5.73 Å². The maximum absolute atomic E-state index is 14.3. The Labute approximate surface area is 137 Å². The van der Waals surface area contributed by atoms with Gasteiger partial charge < -0.3 is 10.6 Å². The van der Waals surface area contributed by atoms with E-state index in [-0.39, 0.29) is 12.0 Å². The third kappa shape index (κ3) is 4.28. The predicted octanol–water partition coefficient (Wildman–Crippen LogP) is 4.50.